The van der Waals surface area contributed by atoms with Crippen molar-refractivity contribution in [3.63, 3.8) is 0 Å². The van der Waals surface area contributed by atoms with Gasteiger partial charge in [0.05, 0.1) is 17.9 Å². The molecular weight excluding hydrogens is 399 g/mol. The van der Waals surface area contributed by atoms with E-state index in [1.165, 1.54) is 37.4 Å². The number of amides is 2. The standard InChI is InChI=1S/C20H21FN2O5S/c1-13-3-6-17(7-4-13)29(26,27)23-12-19(24)22-11-15(20(23)25)9-14-10-16(21)5-8-18(14)28-2/h3-8,10,15H,9,11-12H2,1-2H3,(H,22,24). The van der Waals surface area contributed by atoms with Crippen LogP contribution in [0.15, 0.2) is 47.4 Å². The van der Waals surface area contributed by atoms with E-state index in [1.807, 2.05) is 6.92 Å². The molecule has 2 aromatic rings. The summed E-state index contributed by atoms with van der Waals surface area (Å²) in [4.78, 5) is 25.1. The van der Waals surface area contributed by atoms with Gasteiger partial charge in [0, 0.05) is 6.54 Å². The molecule has 0 radical (unpaired) electrons. The SMILES string of the molecule is COc1ccc(F)cc1CC1CNC(=O)CN(S(=O)(=O)c2ccc(C)cc2)C1=O. The minimum Gasteiger partial charge on any atom is -0.496 e. The molecule has 0 saturated carbocycles. The molecule has 1 fully saturated rings. The third-order valence-corrected chi connectivity index (χ3v) is 6.50. The van der Waals surface area contributed by atoms with Crippen LogP contribution < -0.4 is 10.1 Å². The number of hydrogen-bond donors (Lipinski definition) is 1. The smallest absolute Gasteiger partial charge is 0.266 e. The Balaban J connectivity index is 1.95. The van der Waals surface area contributed by atoms with Crippen LogP contribution in [-0.2, 0) is 26.0 Å². The zero-order valence-corrected chi connectivity index (χ0v) is 16.8. The number of aryl methyl sites for hydroxylation is 1. The molecule has 1 atom stereocenters. The van der Waals surface area contributed by atoms with Gasteiger partial charge < -0.3 is 10.1 Å². The van der Waals surface area contributed by atoms with Crippen LogP contribution in [-0.4, -0.2) is 44.7 Å². The van der Waals surface area contributed by atoms with Gasteiger partial charge in [-0.2, -0.15) is 0 Å². The van der Waals surface area contributed by atoms with Gasteiger partial charge in [0.2, 0.25) is 11.8 Å². The summed E-state index contributed by atoms with van der Waals surface area (Å²) in [7, 11) is -2.80. The van der Waals surface area contributed by atoms with Gasteiger partial charge in [0.15, 0.2) is 0 Å². The lowest BCUT2D eigenvalue weighted by molar-refractivity contribution is -0.131. The van der Waals surface area contributed by atoms with E-state index < -0.39 is 40.1 Å². The number of halogens is 1. The number of nitrogens with zero attached hydrogens (tertiary/aromatic N) is 1. The molecule has 1 aliphatic rings. The molecule has 7 nitrogen and oxygen atoms in total. The van der Waals surface area contributed by atoms with E-state index >= 15 is 0 Å². The predicted molar refractivity (Wildman–Crippen MR) is 103 cm³/mol. The second-order valence-electron chi connectivity index (χ2n) is 6.82. The van der Waals surface area contributed by atoms with Crippen molar-refractivity contribution >= 4 is 21.8 Å². The van der Waals surface area contributed by atoms with Crippen LogP contribution in [0.1, 0.15) is 11.1 Å². The molecule has 29 heavy (non-hydrogen) atoms. The Morgan fingerprint density at radius 1 is 1.17 bits per heavy atom. The molecular formula is C20H21FN2O5S. The minimum absolute atomic E-state index is 0.0139. The Bertz CT molecular complexity index is 1040. The van der Waals surface area contributed by atoms with E-state index in [2.05, 4.69) is 5.32 Å². The third kappa shape index (κ3) is 4.40. The Kier molecular flexibility index (Phi) is 5.88. The van der Waals surface area contributed by atoms with Crippen molar-refractivity contribution in [1.82, 2.24) is 9.62 Å². The molecule has 1 N–H and O–H groups in total. The van der Waals surface area contributed by atoms with Crippen molar-refractivity contribution in [2.45, 2.75) is 18.2 Å². The van der Waals surface area contributed by atoms with Gasteiger partial charge in [-0.25, -0.2) is 17.1 Å². The average Bonchev–Trinajstić information content (AvgIpc) is 2.82. The van der Waals surface area contributed by atoms with Gasteiger partial charge in [-0.1, -0.05) is 17.7 Å². The largest absolute Gasteiger partial charge is 0.496 e. The maximum atomic E-state index is 13.7. The molecule has 1 aliphatic heterocycles. The summed E-state index contributed by atoms with van der Waals surface area (Å²) in [6.07, 6.45) is 0.0139. The second-order valence-corrected chi connectivity index (χ2v) is 8.69. The van der Waals surface area contributed by atoms with E-state index in [0.717, 1.165) is 5.56 Å². The van der Waals surface area contributed by atoms with Gasteiger partial charge in [-0.15, -0.1) is 0 Å². The Labute approximate surface area is 168 Å². The first-order chi connectivity index (χ1) is 13.7. The van der Waals surface area contributed by atoms with Crippen molar-refractivity contribution < 1.29 is 27.1 Å². The molecule has 0 bridgehead atoms. The van der Waals surface area contributed by atoms with Gasteiger partial charge in [-0.3, -0.25) is 9.59 Å². The molecule has 1 unspecified atom stereocenters. The van der Waals surface area contributed by atoms with Gasteiger partial charge in [0.25, 0.3) is 10.0 Å². The fourth-order valence-corrected chi connectivity index (χ4v) is 4.57. The molecule has 1 saturated heterocycles. The number of rotatable bonds is 5. The summed E-state index contributed by atoms with van der Waals surface area (Å²) < 4.78 is 45.5. The van der Waals surface area contributed by atoms with Crippen LogP contribution in [0.2, 0.25) is 0 Å². The van der Waals surface area contributed by atoms with E-state index in [4.69, 9.17) is 4.74 Å². The first-order valence-corrected chi connectivity index (χ1v) is 10.4. The van der Waals surface area contributed by atoms with E-state index in [0.29, 0.717) is 15.6 Å². The predicted octanol–water partition coefficient (Wildman–Crippen LogP) is 1.65. The summed E-state index contributed by atoms with van der Waals surface area (Å²) in [5.41, 5.74) is 1.27. The molecule has 3 rings (SSSR count). The van der Waals surface area contributed by atoms with Crippen molar-refractivity contribution in [2.24, 2.45) is 5.92 Å². The van der Waals surface area contributed by atoms with Crippen molar-refractivity contribution in [3.8, 4) is 5.75 Å². The van der Waals surface area contributed by atoms with Crippen LogP contribution in [0.4, 0.5) is 4.39 Å². The summed E-state index contributed by atoms with van der Waals surface area (Å²) in [5, 5.41) is 2.56. The highest BCUT2D eigenvalue weighted by molar-refractivity contribution is 7.89. The van der Waals surface area contributed by atoms with E-state index in [-0.39, 0.29) is 17.9 Å². The number of benzene rings is 2. The highest BCUT2D eigenvalue weighted by Gasteiger charge is 2.38. The number of nitrogens with one attached hydrogen (secondary N) is 1. The summed E-state index contributed by atoms with van der Waals surface area (Å²) in [6, 6.07) is 9.92. The minimum atomic E-state index is -4.22. The van der Waals surface area contributed by atoms with Crippen molar-refractivity contribution in [2.75, 3.05) is 20.2 Å². The Morgan fingerprint density at radius 2 is 1.86 bits per heavy atom. The fourth-order valence-electron chi connectivity index (χ4n) is 3.16. The molecule has 2 amide bonds. The molecule has 2 aromatic carbocycles. The van der Waals surface area contributed by atoms with E-state index in [1.54, 1.807) is 12.1 Å². The van der Waals surface area contributed by atoms with Gasteiger partial charge in [-0.05, 0) is 49.2 Å². The summed E-state index contributed by atoms with van der Waals surface area (Å²) in [6.45, 7) is 1.15. The number of carbonyl (C=O) groups is 2. The van der Waals surface area contributed by atoms with Crippen molar-refractivity contribution in [3.05, 3.63) is 59.4 Å². The highest BCUT2D eigenvalue weighted by atomic mass is 32.2. The first kappa shape index (κ1) is 20.8. The van der Waals surface area contributed by atoms with Gasteiger partial charge in [0.1, 0.15) is 18.1 Å². The lowest BCUT2D eigenvalue weighted by atomic mass is 9.97. The Morgan fingerprint density at radius 3 is 2.52 bits per heavy atom. The lowest BCUT2D eigenvalue weighted by Gasteiger charge is -2.23. The number of carbonyl (C=O) groups excluding carboxylic acids is 2. The number of sulfonamides is 1. The second kappa shape index (κ2) is 8.20. The maximum absolute atomic E-state index is 13.7. The number of hydrogen-bond acceptors (Lipinski definition) is 5. The highest BCUT2D eigenvalue weighted by Crippen LogP contribution is 2.26. The summed E-state index contributed by atoms with van der Waals surface area (Å²) >= 11 is 0. The molecule has 9 heteroatoms. The molecule has 0 spiro atoms. The normalized spacial score (nSPS) is 17.6. The molecule has 0 aliphatic carbocycles. The number of ether oxygens (including phenoxy) is 1. The zero-order valence-electron chi connectivity index (χ0n) is 16.0. The van der Waals surface area contributed by atoms with E-state index in [9.17, 15) is 22.4 Å². The van der Waals surface area contributed by atoms with Crippen LogP contribution in [0.5, 0.6) is 5.75 Å². The monoisotopic (exact) mass is 420 g/mol. The average molecular weight is 420 g/mol. The lowest BCUT2D eigenvalue weighted by Crippen LogP contribution is -2.42. The molecule has 0 aromatic heterocycles. The van der Waals surface area contributed by atoms with Crippen LogP contribution in [0.25, 0.3) is 0 Å². The van der Waals surface area contributed by atoms with Crippen LogP contribution in [0, 0.1) is 18.7 Å². The summed E-state index contributed by atoms with van der Waals surface area (Å²) in [5.74, 6) is -2.33. The van der Waals surface area contributed by atoms with Crippen LogP contribution >= 0.6 is 0 Å². The fraction of sp³-hybridized carbons (Fsp3) is 0.300. The number of methoxy groups -OCH3 is 1. The molecule has 154 valence electrons. The Hall–Kier alpha value is -2.94. The van der Waals surface area contributed by atoms with Crippen molar-refractivity contribution in [1.29, 1.82) is 0 Å². The topological polar surface area (TPSA) is 92.8 Å². The quantitative estimate of drug-likeness (QED) is 0.794. The third-order valence-electron chi connectivity index (χ3n) is 4.75. The van der Waals surface area contributed by atoms with Gasteiger partial charge >= 0.3 is 0 Å². The van der Waals surface area contributed by atoms with Crippen LogP contribution in [0.3, 0.4) is 0 Å². The first-order valence-electron chi connectivity index (χ1n) is 8.94. The molecule has 1 heterocycles. The maximum Gasteiger partial charge on any atom is 0.266 e. The zero-order chi connectivity index (χ0) is 21.2.